The highest BCUT2D eigenvalue weighted by molar-refractivity contribution is 7.89. The Morgan fingerprint density at radius 1 is 1.25 bits per heavy atom. The molecule has 20 heavy (non-hydrogen) atoms. The molecule has 2 aromatic rings. The third-order valence-corrected chi connectivity index (χ3v) is 5.18. The van der Waals surface area contributed by atoms with Crippen LogP contribution in [0.25, 0.3) is 11.0 Å². The zero-order valence-electron chi connectivity index (χ0n) is 10.8. The molecule has 0 bridgehead atoms. The number of rotatable bonds is 2. The lowest BCUT2D eigenvalue weighted by atomic mass is 10.1. The van der Waals surface area contributed by atoms with Gasteiger partial charge in [-0.1, -0.05) is 12.1 Å². The first-order valence-corrected chi connectivity index (χ1v) is 7.72. The third kappa shape index (κ3) is 2.67. The highest BCUT2D eigenvalue weighted by Gasteiger charge is 2.30. The third-order valence-electron chi connectivity index (χ3n) is 3.45. The Balaban J connectivity index is 0.00000147. The van der Waals surface area contributed by atoms with Crippen molar-refractivity contribution in [3.8, 4) is 0 Å². The fraction of sp³-hybridized carbons (Fsp3) is 0.417. The van der Waals surface area contributed by atoms with E-state index in [0.717, 1.165) is 5.52 Å². The number of aromatic nitrogens is 2. The van der Waals surface area contributed by atoms with Gasteiger partial charge in [0.05, 0.1) is 11.0 Å². The number of hydrogen-bond donors (Lipinski definition) is 2. The maximum Gasteiger partial charge on any atom is 0.276 e. The van der Waals surface area contributed by atoms with Crippen molar-refractivity contribution in [3.63, 3.8) is 0 Å². The van der Waals surface area contributed by atoms with Gasteiger partial charge >= 0.3 is 0 Å². The van der Waals surface area contributed by atoms with Crippen molar-refractivity contribution in [1.82, 2.24) is 14.3 Å². The summed E-state index contributed by atoms with van der Waals surface area (Å²) in [6, 6.07) is 7.38. The highest BCUT2D eigenvalue weighted by atomic mass is 35.5. The molecule has 0 unspecified atom stereocenters. The van der Waals surface area contributed by atoms with E-state index in [2.05, 4.69) is 9.97 Å². The molecule has 0 amide bonds. The average molecular weight is 317 g/mol. The van der Waals surface area contributed by atoms with Gasteiger partial charge < -0.3 is 10.7 Å². The second-order valence-electron chi connectivity index (χ2n) is 4.80. The minimum Gasteiger partial charge on any atom is -0.328 e. The number of nitrogens with one attached hydrogen (secondary N) is 1. The van der Waals surface area contributed by atoms with Gasteiger partial charge in [-0.3, -0.25) is 0 Å². The van der Waals surface area contributed by atoms with Gasteiger partial charge in [-0.2, -0.15) is 4.31 Å². The summed E-state index contributed by atoms with van der Waals surface area (Å²) in [4.78, 5) is 7.03. The number of imidazole rings is 1. The average Bonchev–Trinajstić information content (AvgIpc) is 2.83. The Labute approximate surface area is 123 Å². The van der Waals surface area contributed by atoms with E-state index in [9.17, 15) is 8.42 Å². The van der Waals surface area contributed by atoms with E-state index in [4.69, 9.17) is 5.73 Å². The molecule has 0 aliphatic carbocycles. The summed E-state index contributed by atoms with van der Waals surface area (Å²) in [6.07, 6.45) is 1.39. The first-order chi connectivity index (χ1) is 9.07. The fourth-order valence-corrected chi connectivity index (χ4v) is 3.68. The van der Waals surface area contributed by atoms with E-state index in [0.29, 0.717) is 31.4 Å². The minimum absolute atomic E-state index is 0. The van der Waals surface area contributed by atoms with E-state index in [1.54, 1.807) is 6.07 Å². The molecule has 0 spiro atoms. The standard InChI is InChI=1S/C12H16N4O2S.ClH/c13-9-5-7-16(8-6-9)19(17,18)12-14-10-3-1-2-4-11(10)15-12;/h1-4,9H,5-8,13H2,(H,14,15);1H. The van der Waals surface area contributed by atoms with Gasteiger partial charge in [-0.15, -0.1) is 12.4 Å². The SMILES string of the molecule is Cl.NC1CCN(S(=O)(=O)c2nc3ccccc3[nH]2)CC1. The Morgan fingerprint density at radius 2 is 1.90 bits per heavy atom. The Morgan fingerprint density at radius 3 is 2.55 bits per heavy atom. The van der Waals surface area contributed by atoms with E-state index in [1.165, 1.54) is 4.31 Å². The quantitative estimate of drug-likeness (QED) is 0.867. The number of hydrogen-bond acceptors (Lipinski definition) is 4. The monoisotopic (exact) mass is 316 g/mol. The van der Waals surface area contributed by atoms with Crippen LogP contribution in [0.4, 0.5) is 0 Å². The molecule has 3 rings (SSSR count). The van der Waals surface area contributed by atoms with Crippen molar-refractivity contribution < 1.29 is 8.42 Å². The number of aromatic amines is 1. The van der Waals surface area contributed by atoms with Gasteiger partial charge in [0.1, 0.15) is 0 Å². The van der Waals surface area contributed by atoms with Crippen LogP contribution in [0.1, 0.15) is 12.8 Å². The molecule has 110 valence electrons. The number of para-hydroxylation sites is 2. The zero-order chi connectivity index (χ0) is 13.5. The van der Waals surface area contributed by atoms with Crippen molar-refractivity contribution >= 4 is 33.5 Å². The molecule has 1 aliphatic heterocycles. The van der Waals surface area contributed by atoms with Crippen LogP contribution < -0.4 is 5.73 Å². The van der Waals surface area contributed by atoms with Crippen LogP contribution in [0, 0.1) is 0 Å². The second kappa shape index (κ2) is 5.69. The normalized spacial score (nSPS) is 18.1. The molecule has 1 aromatic carbocycles. The number of halogens is 1. The van der Waals surface area contributed by atoms with Crippen LogP contribution >= 0.6 is 12.4 Å². The first-order valence-electron chi connectivity index (χ1n) is 6.28. The second-order valence-corrected chi connectivity index (χ2v) is 6.65. The molecule has 1 fully saturated rings. The zero-order valence-corrected chi connectivity index (χ0v) is 12.5. The Hall–Kier alpha value is -1.15. The fourth-order valence-electron chi connectivity index (χ4n) is 2.29. The summed E-state index contributed by atoms with van der Waals surface area (Å²) in [5.41, 5.74) is 7.19. The lowest BCUT2D eigenvalue weighted by Crippen LogP contribution is -2.43. The van der Waals surface area contributed by atoms with Crippen LogP contribution in [0.5, 0.6) is 0 Å². The maximum absolute atomic E-state index is 12.5. The largest absolute Gasteiger partial charge is 0.328 e. The molecule has 1 aromatic heterocycles. The van der Waals surface area contributed by atoms with Gasteiger partial charge in [0, 0.05) is 19.1 Å². The molecule has 1 aliphatic rings. The summed E-state index contributed by atoms with van der Waals surface area (Å²) >= 11 is 0. The van der Waals surface area contributed by atoms with Crippen molar-refractivity contribution in [3.05, 3.63) is 24.3 Å². The van der Waals surface area contributed by atoms with Crippen molar-refractivity contribution in [2.24, 2.45) is 5.73 Å². The number of H-pyrrole nitrogens is 1. The van der Waals surface area contributed by atoms with Gasteiger partial charge in [-0.25, -0.2) is 13.4 Å². The predicted octanol–water partition coefficient (Wildman–Crippen LogP) is 1.10. The van der Waals surface area contributed by atoms with Gasteiger partial charge in [0.25, 0.3) is 10.0 Å². The van der Waals surface area contributed by atoms with Crippen molar-refractivity contribution in [2.75, 3.05) is 13.1 Å². The smallest absolute Gasteiger partial charge is 0.276 e. The number of nitrogens with two attached hydrogens (primary N) is 1. The van der Waals surface area contributed by atoms with Crippen LogP contribution in [-0.2, 0) is 10.0 Å². The Bertz CT molecular complexity index is 659. The number of piperidine rings is 1. The summed E-state index contributed by atoms with van der Waals surface area (Å²) < 4.78 is 26.4. The van der Waals surface area contributed by atoms with Gasteiger partial charge in [0.15, 0.2) is 0 Å². The van der Waals surface area contributed by atoms with Crippen LogP contribution in [0.3, 0.4) is 0 Å². The molecule has 0 radical (unpaired) electrons. The van der Waals surface area contributed by atoms with Crippen LogP contribution in [0.15, 0.2) is 29.4 Å². The van der Waals surface area contributed by atoms with E-state index >= 15 is 0 Å². The molecule has 0 atom stereocenters. The number of fused-ring (bicyclic) bond motifs is 1. The van der Waals surface area contributed by atoms with Crippen molar-refractivity contribution in [1.29, 1.82) is 0 Å². The van der Waals surface area contributed by atoms with Gasteiger partial charge in [0.2, 0.25) is 5.16 Å². The number of sulfonamides is 1. The van der Waals surface area contributed by atoms with Crippen LogP contribution in [0.2, 0.25) is 0 Å². The Kier molecular flexibility index (Phi) is 4.33. The lowest BCUT2D eigenvalue weighted by Gasteiger charge is -2.28. The summed E-state index contributed by atoms with van der Waals surface area (Å²) in [7, 11) is -3.54. The summed E-state index contributed by atoms with van der Waals surface area (Å²) in [5.74, 6) is 0. The molecule has 2 heterocycles. The summed E-state index contributed by atoms with van der Waals surface area (Å²) in [6.45, 7) is 0.918. The van der Waals surface area contributed by atoms with E-state index < -0.39 is 10.0 Å². The lowest BCUT2D eigenvalue weighted by molar-refractivity contribution is 0.318. The molecule has 1 saturated heterocycles. The molecule has 6 nitrogen and oxygen atoms in total. The molecular weight excluding hydrogens is 300 g/mol. The number of benzene rings is 1. The minimum atomic E-state index is -3.54. The van der Waals surface area contributed by atoms with E-state index in [-0.39, 0.29) is 23.6 Å². The molecule has 8 heteroatoms. The van der Waals surface area contributed by atoms with E-state index in [1.807, 2.05) is 18.2 Å². The molecular formula is C12H17ClN4O2S. The van der Waals surface area contributed by atoms with Gasteiger partial charge in [-0.05, 0) is 25.0 Å². The van der Waals surface area contributed by atoms with Crippen molar-refractivity contribution in [2.45, 2.75) is 24.0 Å². The molecule has 3 N–H and O–H groups in total. The molecule has 0 saturated carbocycles. The topological polar surface area (TPSA) is 92.1 Å². The number of nitrogens with zero attached hydrogens (tertiary/aromatic N) is 2. The maximum atomic E-state index is 12.5. The highest BCUT2D eigenvalue weighted by Crippen LogP contribution is 2.20. The first kappa shape index (κ1) is 15.2. The summed E-state index contributed by atoms with van der Waals surface area (Å²) in [5, 5.41) is 0.0178. The predicted molar refractivity (Wildman–Crippen MR) is 79.3 cm³/mol. The van der Waals surface area contributed by atoms with Crippen LogP contribution in [-0.4, -0.2) is 41.8 Å².